The lowest BCUT2D eigenvalue weighted by Crippen LogP contribution is -2.38. The van der Waals surface area contributed by atoms with Crippen LogP contribution in [-0.2, 0) is 14.3 Å². The van der Waals surface area contributed by atoms with Crippen LogP contribution in [0.25, 0.3) is 0 Å². The summed E-state index contributed by atoms with van der Waals surface area (Å²) in [6.45, 7) is 5.81. The SMILES string of the molecule is O=C(CCCN1C(=O)CSc2ncccc21)NCCCN1CCOCC1. The van der Waals surface area contributed by atoms with Gasteiger partial charge in [-0.3, -0.25) is 14.5 Å². The molecule has 26 heavy (non-hydrogen) atoms. The summed E-state index contributed by atoms with van der Waals surface area (Å²) in [4.78, 5) is 32.6. The van der Waals surface area contributed by atoms with Gasteiger partial charge >= 0.3 is 0 Å². The number of hydrogen-bond donors (Lipinski definition) is 1. The third kappa shape index (κ3) is 5.43. The van der Waals surface area contributed by atoms with Crippen molar-refractivity contribution in [2.45, 2.75) is 24.3 Å². The van der Waals surface area contributed by atoms with Crippen LogP contribution in [0.15, 0.2) is 23.4 Å². The zero-order valence-corrected chi connectivity index (χ0v) is 15.8. The smallest absolute Gasteiger partial charge is 0.237 e. The molecule has 0 aromatic carbocycles. The number of carbonyl (C=O) groups is 2. The van der Waals surface area contributed by atoms with Crippen LogP contribution in [0, 0.1) is 0 Å². The van der Waals surface area contributed by atoms with Gasteiger partial charge in [0.15, 0.2) is 0 Å². The first-order valence-corrected chi connectivity index (χ1v) is 10.2. The van der Waals surface area contributed by atoms with Crippen molar-refractivity contribution in [2.24, 2.45) is 0 Å². The number of nitrogens with one attached hydrogen (secondary N) is 1. The number of amides is 2. The number of thioether (sulfide) groups is 1. The van der Waals surface area contributed by atoms with Crippen LogP contribution < -0.4 is 10.2 Å². The van der Waals surface area contributed by atoms with Crippen molar-refractivity contribution in [3.63, 3.8) is 0 Å². The number of ether oxygens (including phenoxy) is 1. The van der Waals surface area contributed by atoms with E-state index in [-0.39, 0.29) is 11.8 Å². The number of hydrogen-bond acceptors (Lipinski definition) is 6. The molecule has 0 aliphatic carbocycles. The van der Waals surface area contributed by atoms with Crippen molar-refractivity contribution < 1.29 is 14.3 Å². The average molecular weight is 378 g/mol. The zero-order valence-electron chi connectivity index (χ0n) is 15.0. The highest BCUT2D eigenvalue weighted by atomic mass is 32.2. The van der Waals surface area contributed by atoms with Gasteiger partial charge in [-0.2, -0.15) is 0 Å². The summed E-state index contributed by atoms with van der Waals surface area (Å²) in [5.41, 5.74) is 0.861. The molecule has 1 aromatic heterocycles. The minimum atomic E-state index is 0.0530. The topological polar surface area (TPSA) is 74.8 Å². The summed E-state index contributed by atoms with van der Waals surface area (Å²) < 4.78 is 5.32. The van der Waals surface area contributed by atoms with Crippen LogP contribution in [0.5, 0.6) is 0 Å². The van der Waals surface area contributed by atoms with E-state index in [0.717, 1.165) is 50.0 Å². The fourth-order valence-electron chi connectivity index (χ4n) is 3.13. The fourth-order valence-corrected chi connectivity index (χ4v) is 4.01. The van der Waals surface area contributed by atoms with Gasteiger partial charge in [0.25, 0.3) is 0 Å². The van der Waals surface area contributed by atoms with Crippen LogP contribution in [0.2, 0.25) is 0 Å². The van der Waals surface area contributed by atoms with Gasteiger partial charge in [-0.05, 0) is 31.5 Å². The molecule has 1 saturated heterocycles. The van der Waals surface area contributed by atoms with E-state index in [0.29, 0.717) is 31.7 Å². The Morgan fingerprint density at radius 3 is 2.96 bits per heavy atom. The second-order valence-electron chi connectivity index (χ2n) is 6.42. The second kappa shape index (κ2) is 9.89. The molecule has 0 bridgehead atoms. The van der Waals surface area contributed by atoms with Crippen LogP contribution in [0.4, 0.5) is 5.69 Å². The highest BCUT2D eigenvalue weighted by Crippen LogP contribution is 2.33. The van der Waals surface area contributed by atoms with Gasteiger partial charge in [0.2, 0.25) is 11.8 Å². The minimum Gasteiger partial charge on any atom is -0.379 e. The lowest BCUT2D eigenvalue weighted by Gasteiger charge is -2.28. The molecule has 0 saturated carbocycles. The third-order valence-electron chi connectivity index (χ3n) is 4.54. The first kappa shape index (κ1) is 19.1. The van der Waals surface area contributed by atoms with Gasteiger partial charge < -0.3 is 15.0 Å². The Kier molecular flexibility index (Phi) is 7.28. The summed E-state index contributed by atoms with van der Waals surface area (Å²) in [5, 5.41) is 3.86. The molecule has 2 aliphatic heterocycles. The quantitative estimate of drug-likeness (QED) is 0.684. The fraction of sp³-hybridized carbons (Fsp3) is 0.611. The molecule has 0 unspecified atom stereocenters. The van der Waals surface area contributed by atoms with Crippen LogP contribution in [0.1, 0.15) is 19.3 Å². The number of pyridine rings is 1. The van der Waals surface area contributed by atoms with E-state index in [1.54, 1.807) is 11.1 Å². The Hall–Kier alpha value is -1.64. The number of fused-ring (bicyclic) bond motifs is 1. The second-order valence-corrected chi connectivity index (χ2v) is 7.39. The van der Waals surface area contributed by atoms with Crippen LogP contribution in [-0.4, -0.2) is 73.4 Å². The van der Waals surface area contributed by atoms with E-state index in [9.17, 15) is 9.59 Å². The molecular weight excluding hydrogens is 352 g/mol. The van der Waals surface area contributed by atoms with E-state index in [1.807, 2.05) is 12.1 Å². The van der Waals surface area contributed by atoms with Crippen LogP contribution >= 0.6 is 11.8 Å². The molecule has 0 atom stereocenters. The first-order chi connectivity index (χ1) is 12.7. The molecule has 3 heterocycles. The van der Waals surface area contributed by atoms with Gasteiger partial charge in [0.05, 0.1) is 24.7 Å². The normalized spacial score (nSPS) is 17.8. The molecule has 7 nitrogen and oxygen atoms in total. The van der Waals surface area contributed by atoms with Crippen molar-refractivity contribution in [1.29, 1.82) is 0 Å². The Balaban J connectivity index is 1.33. The van der Waals surface area contributed by atoms with Gasteiger partial charge in [0.1, 0.15) is 5.03 Å². The molecule has 2 amide bonds. The van der Waals surface area contributed by atoms with Crippen LogP contribution in [0.3, 0.4) is 0 Å². The van der Waals surface area contributed by atoms with Crippen molar-refractivity contribution in [1.82, 2.24) is 15.2 Å². The van der Waals surface area contributed by atoms with Crippen molar-refractivity contribution >= 4 is 29.3 Å². The van der Waals surface area contributed by atoms with E-state index in [1.165, 1.54) is 11.8 Å². The Morgan fingerprint density at radius 1 is 1.27 bits per heavy atom. The summed E-state index contributed by atoms with van der Waals surface area (Å²) >= 11 is 1.47. The van der Waals surface area contributed by atoms with E-state index in [2.05, 4.69) is 15.2 Å². The molecule has 1 N–H and O–H groups in total. The monoisotopic (exact) mass is 378 g/mol. The maximum atomic E-state index is 12.2. The van der Waals surface area contributed by atoms with Crippen molar-refractivity contribution in [2.75, 3.05) is 56.6 Å². The summed E-state index contributed by atoms with van der Waals surface area (Å²) in [6.07, 6.45) is 3.78. The molecule has 1 aromatic rings. The Morgan fingerprint density at radius 2 is 2.12 bits per heavy atom. The van der Waals surface area contributed by atoms with Gasteiger partial charge in [-0.1, -0.05) is 11.8 Å². The Labute approximate surface area is 158 Å². The van der Waals surface area contributed by atoms with E-state index < -0.39 is 0 Å². The predicted octanol–water partition coefficient (Wildman–Crippen LogP) is 1.14. The van der Waals surface area contributed by atoms with E-state index in [4.69, 9.17) is 4.74 Å². The Bertz CT molecular complexity index is 622. The third-order valence-corrected chi connectivity index (χ3v) is 5.52. The minimum absolute atomic E-state index is 0.0530. The number of anilines is 1. The lowest BCUT2D eigenvalue weighted by molar-refractivity contribution is -0.121. The number of aromatic nitrogens is 1. The zero-order chi connectivity index (χ0) is 18.2. The molecule has 0 radical (unpaired) electrons. The lowest BCUT2D eigenvalue weighted by atomic mass is 10.2. The average Bonchev–Trinajstić information content (AvgIpc) is 2.68. The molecule has 8 heteroatoms. The maximum Gasteiger partial charge on any atom is 0.237 e. The maximum absolute atomic E-state index is 12.2. The standard InChI is InChI=1S/C18H26N4O3S/c23-16(19-7-3-8-21-10-12-25-13-11-21)5-2-9-22-15-4-1-6-20-18(15)26-14-17(22)24/h1,4,6H,2-3,5,7-14H2,(H,19,23). The molecule has 3 rings (SSSR count). The van der Waals surface area contributed by atoms with Crippen molar-refractivity contribution in [3.8, 4) is 0 Å². The predicted molar refractivity (Wildman–Crippen MR) is 101 cm³/mol. The largest absolute Gasteiger partial charge is 0.379 e. The molecule has 1 fully saturated rings. The summed E-state index contributed by atoms with van der Waals surface area (Å²) in [6, 6.07) is 3.75. The van der Waals surface area contributed by atoms with Gasteiger partial charge in [0, 0.05) is 38.8 Å². The van der Waals surface area contributed by atoms with E-state index >= 15 is 0 Å². The molecular formula is C18H26N4O3S. The number of carbonyl (C=O) groups excluding carboxylic acids is 2. The molecule has 2 aliphatic rings. The summed E-state index contributed by atoms with van der Waals surface area (Å²) in [7, 11) is 0. The highest BCUT2D eigenvalue weighted by Gasteiger charge is 2.25. The van der Waals surface area contributed by atoms with Gasteiger partial charge in [-0.25, -0.2) is 4.98 Å². The number of morpholine rings is 1. The molecule has 0 spiro atoms. The van der Waals surface area contributed by atoms with Crippen molar-refractivity contribution in [3.05, 3.63) is 18.3 Å². The number of nitrogens with zero attached hydrogens (tertiary/aromatic N) is 3. The van der Waals surface area contributed by atoms with Gasteiger partial charge in [-0.15, -0.1) is 0 Å². The highest BCUT2D eigenvalue weighted by molar-refractivity contribution is 8.00. The first-order valence-electron chi connectivity index (χ1n) is 9.19. The summed E-state index contributed by atoms with van der Waals surface area (Å²) in [5.74, 6) is 0.552. The molecule has 142 valence electrons. The number of rotatable bonds is 8.